The van der Waals surface area contributed by atoms with E-state index in [4.69, 9.17) is 4.99 Å². The number of benzene rings is 2. The first-order valence-electron chi connectivity index (χ1n) is 10.9. The number of anilines is 1. The Morgan fingerprint density at radius 3 is 2.73 bits per heavy atom. The zero-order valence-corrected chi connectivity index (χ0v) is 20.5. The Morgan fingerprint density at radius 1 is 1.21 bits per heavy atom. The smallest absolute Gasteiger partial charge is 0.243 e. The molecule has 8 nitrogen and oxygen atoms in total. The minimum atomic E-state index is -3.62. The fraction of sp³-hybridized carbons (Fsp3) is 0.348. The predicted molar refractivity (Wildman–Crippen MR) is 134 cm³/mol. The van der Waals surface area contributed by atoms with Crippen LogP contribution in [0.4, 0.5) is 11.4 Å². The molecule has 1 atom stereocenters. The Bertz CT molecular complexity index is 1220. The van der Waals surface area contributed by atoms with Gasteiger partial charge < -0.3 is 5.32 Å². The average molecular weight is 486 g/mol. The van der Waals surface area contributed by atoms with Crippen molar-refractivity contribution in [2.24, 2.45) is 10.1 Å². The maximum atomic E-state index is 13.0. The molecule has 0 aromatic heterocycles. The molecule has 0 aliphatic carbocycles. The molecule has 1 unspecified atom stereocenters. The second kappa shape index (κ2) is 9.66. The van der Waals surface area contributed by atoms with Gasteiger partial charge in [-0.05, 0) is 30.7 Å². The van der Waals surface area contributed by atoms with Crippen molar-refractivity contribution in [2.45, 2.75) is 38.1 Å². The lowest BCUT2D eigenvalue weighted by atomic mass is 10.0. The van der Waals surface area contributed by atoms with E-state index >= 15 is 0 Å². The number of rotatable bonds is 7. The minimum absolute atomic E-state index is 0.106. The summed E-state index contributed by atoms with van der Waals surface area (Å²) < 4.78 is 27.3. The van der Waals surface area contributed by atoms with E-state index in [0.717, 1.165) is 17.7 Å². The van der Waals surface area contributed by atoms with Crippen molar-refractivity contribution in [3.8, 4) is 0 Å². The molecule has 10 heteroatoms. The average Bonchev–Trinajstić information content (AvgIpc) is 3.30. The van der Waals surface area contributed by atoms with Gasteiger partial charge >= 0.3 is 0 Å². The van der Waals surface area contributed by atoms with Crippen molar-refractivity contribution in [1.82, 2.24) is 9.31 Å². The van der Waals surface area contributed by atoms with E-state index in [2.05, 4.69) is 16.5 Å². The summed E-state index contributed by atoms with van der Waals surface area (Å²) in [6.07, 6.45) is 2.67. The Kier molecular flexibility index (Phi) is 6.87. The summed E-state index contributed by atoms with van der Waals surface area (Å²) in [7, 11) is -3.62. The first-order chi connectivity index (χ1) is 15.8. The van der Waals surface area contributed by atoms with Crippen LogP contribution in [0.25, 0.3) is 0 Å². The topological polar surface area (TPSA) is 94.4 Å². The van der Waals surface area contributed by atoms with Gasteiger partial charge in [0.1, 0.15) is 0 Å². The Balaban J connectivity index is 1.47. The van der Waals surface area contributed by atoms with Crippen LogP contribution in [0, 0.1) is 6.92 Å². The first-order valence-corrected chi connectivity index (χ1v) is 13.3. The zero-order chi connectivity index (χ0) is 23.6. The third-order valence-corrected chi connectivity index (χ3v) is 8.80. The number of amides is 1. The number of hydrogen-bond acceptors (Lipinski definition) is 7. The van der Waals surface area contributed by atoms with Gasteiger partial charge in [-0.15, -0.1) is 0 Å². The van der Waals surface area contributed by atoms with Gasteiger partial charge in [0.05, 0.1) is 22.4 Å². The molecule has 2 aliphatic heterocycles. The van der Waals surface area contributed by atoms with Gasteiger partial charge in [0.2, 0.25) is 15.9 Å². The monoisotopic (exact) mass is 485 g/mol. The van der Waals surface area contributed by atoms with Crippen molar-refractivity contribution in [3.63, 3.8) is 0 Å². The van der Waals surface area contributed by atoms with Crippen LogP contribution < -0.4 is 5.32 Å². The van der Waals surface area contributed by atoms with Gasteiger partial charge in [-0.2, -0.15) is 9.41 Å². The predicted octanol–water partition coefficient (Wildman–Crippen LogP) is 4.13. The number of hydrazone groups is 1. The number of hydrogen-bond donors (Lipinski definition) is 1. The lowest BCUT2D eigenvalue weighted by Gasteiger charge is -2.29. The molecule has 2 aromatic carbocycles. The summed E-state index contributed by atoms with van der Waals surface area (Å²) in [5.41, 5.74) is 3.12. The summed E-state index contributed by atoms with van der Waals surface area (Å²) in [5, 5.41) is 9.79. The molecule has 174 valence electrons. The molecule has 0 bridgehead atoms. The number of carbonyl (C=O) groups excluding carboxylic acids is 1. The lowest BCUT2D eigenvalue weighted by molar-refractivity contribution is -0.113. The molecule has 1 amide bonds. The number of sulfonamides is 1. The number of para-hydroxylation sites is 1. The Labute approximate surface area is 198 Å². The van der Waals surface area contributed by atoms with Gasteiger partial charge in [0, 0.05) is 37.0 Å². The van der Waals surface area contributed by atoms with Crippen LogP contribution >= 0.6 is 11.8 Å². The quantitative estimate of drug-likeness (QED) is 0.636. The van der Waals surface area contributed by atoms with Crippen molar-refractivity contribution < 1.29 is 13.2 Å². The van der Waals surface area contributed by atoms with Gasteiger partial charge in [0.15, 0.2) is 5.17 Å². The SMILES string of the molecule is CCN(CC)S(=O)(=O)c1cc(NC(=O)CSC2=Nc3ccccc3C3CC=NN23)ccc1C. The molecule has 0 saturated carbocycles. The molecule has 1 N–H and O–H groups in total. The third kappa shape index (κ3) is 4.68. The maximum absolute atomic E-state index is 13.0. The number of thioether (sulfide) groups is 1. The minimum Gasteiger partial charge on any atom is -0.325 e. The molecular weight excluding hydrogens is 458 g/mol. The molecule has 2 aromatic rings. The molecule has 33 heavy (non-hydrogen) atoms. The van der Waals surface area contributed by atoms with E-state index in [0.29, 0.717) is 29.5 Å². The molecule has 0 spiro atoms. The molecule has 2 aliphatic rings. The standard InChI is InChI=1S/C23H27N5O3S2/c1-4-27(5-2)33(30,31)21-14-17(11-10-16(21)3)25-22(29)15-32-23-26-19-9-7-6-8-18(19)20-12-13-24-28(20)23/h6-11,13-14,20H,4-5,12,15H2,1-3H3,(H,25,29). The highest BCUT2D eigenvalue weighted by atomic mass is 32.2. The molecule has 2 heterocycles. The number of amidine groups is 1. The second-order valence-electron chi connectivity index (χ2n) is 7.75. The molecule has 0 fully saturated rings. The van der Waals surface area contributed by atoms with Gasteiger partial charge in [0.25, 0.3) is 0 Å². The van der Waals surface area contributed by atoms with Crippen molar-refractivity contribution >= 4 is 50.4 Å². The summed E-state index contributed by atoms with van der Waals surface area (Å²) in [6.45, 7) is 6.14. The van der Waals surface area contributed by atoms with Crippen LogP contribution in [-0.4, -0.2) is 53.9 Å². The highest BCUT2D eigenvalue weighted by molar-refractivity contribution is 8.14. The fourth-order valence-corrected chi connectivity index (χ4v) is 6.48. The zero-order valence-electron chi connectivity index (χ0n) is 18.9. The van der Waals surface area contributed by atoms with E-state index in [1.165, 1.54) is 22.1 Å². The largest absolute Gasteiger partial charge is 0.325 e. The van der Waals surface area contributed by atoms with E-state index in [-0.39, 0.29) is 22.6 Å². The molecule has 0 radical (unpaired) electrons. The van der Waals surface area contributed by atoms with Gasteiger partial charge in [-0.3, -0.25) is 4.79 Å². The molecular formula is C23H27N5O3S2. The number of aliphatic imine (C=N–C) groups is 1. The van der Waals surface area contributed by atoms with Crippen LogP contribution in [0.15, 0.2) is 57.5 Å². The van der Waals surface area contributed by atoms with E-state index < -0.39 is 10.0 Å². The van der Waals surface area contributed by atoms with Crippen LogP contribution in [-0.2, 0) is 14.8 Å². The van der Waals surface area contributed by atoms with Gasteiger partial charge in [-0.1, -0.05) is 49.9 Å². The van der Waals surface area contributed by atoms with Crippen molar-refractivity contribution in [1.29, 1.82) is 0 Å². The number of fused-ring (bicyclic) bond motifs is 3. The first kappa shape index (κ1) is 23.5. The number of carbonyl (C=O) groups is 1. The summed E-state index contributed by atoms with van der Waals surface area (Å²) in [6, 6.07) is 13.0. The van der Waals surface area contributed by atoms with Crippen molar-refractivity contribution in [2.75, 3.05) is 24.2 Å². The van der Waals surface area contributed by atoms with Crippen molar-refractivity contribution in [3.05, 3.63) is 53.6 Å². The number of aryl methyl sites for hydroxylation is 1. The van der Waals surface area contributed by atoms with E-state index in [1.807, 2.05) is 29.4 Å². The van der Waals surface area contributed by atoms with E-state index in [9.17, 15) is 13.2 Å². The Morgan fingerprint density at radius 2 is 1.97 bits per heavy atom. The van der Waals surface area contributed by atoms with Crippen LogP contribution in [0.2, 0.25) is 0 Å². The Hall–Kier alpha value is -2.69. The molecule has 0 saturated heterocycles. The third-order valence-electron chi connectivity index (χ3n) is 5.67. The number of nitrogens with one attached hydrogen (secondary N) is 1. The second-order valence-corrected chi connectivity index (χ2v) is 10.6. The van der Waals surface area contributed by atoms with E-state index in [1.54, 1.807) is 32.9 Å². The van der Waals surface area contributed by atoms with Crippen LogP contribution in [0.3, 0.4) is 0 Å². The summed E-state index contributed by atoms with van der Waals surface area (Å²) in [4.78, 5) is 17.6. The van der Waals surface area contributed by atoms with Crippen LogP contribution in [0.5, 0.6) is 0 Å². The maximum Gasteiger partial charge on any atom is 0.243 e. The van der Waals surface area contributed by atoms with Crippen LogP contribution in [0.1, 0.15) is 37.4 Å². The number of nitrogens with zero attached hydrogens (tertiary/aromatic N) is 4. The normalized spacial score (nSPS) is 17.0. The fourth-order valence-electron chi connectivity index (χ4n) is 3.97. The highest BCUT2D eigenvalue weighted by Gasteiger charge is 2.32. The highest BCUT2D eigenvalue weighted by Crippen LogP contribution is 2.40. The molecule has 4 rings (SSSR count). The summed E-state index contributed by atoms with van der Waals surface area (Å²) >= 11 is 1.31. The summed E-state index contributed by atoms with van der Waals surface area (Å²) in [5.74, 6) is -0.109. The van der Waals surface area contributed by atoms with Gasteiger partial charge in [-0.25, -0.2) is 18.4 Å². The lowest BCUT2D eigenvalue weighted by Crippen LogP contribution is -2.31.